The molecule has 0 aliphatic rings. The van der Waals surface area contributed by atoms with Crippen LogP contribution in [0.25, 0.3) is 0 Å². The molecular formula is C17H24O3. The summed E-state index contributed by atoms with van der Waals surface area (Å²) in [5.41, 5.74) is 0.383. The minimum atomic E-state index is -0.680. The number of carbonyl (C=O) groups excluding carboxylic acids is 2. The first-order chi connectivity index (χ1) is 9.57. The minimum Gasteiger partial charge on any atom is -0.468 e. The van der Waals surface area contributed by atoms with Crippen LogP contribution in [-0.4, -0.2) is 18.9 Å². The molecule has 0 aliphatic carbocycles. The number of ketones is 1. The molecule has 110 valence electrons. The summed E-state index contributed by atoms with van der Waals surface area (Å²) in [6.45, 7) is 5.84. The fourth-order valence-electron chi connectivity index (χ4n) is 2.84. The van der Waals surface area contributed by atoms with Gasteiger partial charge in [0.15, 0.2) is 5.78 Å². The lowest BCUT2D eigenvalue weighted by atomic mass is 9.68. The van der Waals surface area contributed by atoms with Crippen molar-refractivity contribution >= 4 is 11.8 Å². The van der Waals surface area contributed by atoms with Crippen molar-refractivity contribution < 1.29 is 14.3 Å². The Bertz CT molecular complexity index is 447. The van der Waals surface area contributed by atoms with Crippen LogP contribution in [0.5, 0.6) is 0 Å². The summed E-state index contributed by atoms with van der Waals surface area (Å²) < 4.78 is 4.78. The quantitative estimate of drug-likeness (QED) is 0.565. The topological polar surface area (TPSA) is 43.4 Å². The summed E-state index contributed by atoms with van der Waals surface area (Å²) in [5, 5.41) is 0. The summed E-state index contributed by atoms with van der Waals surface area (Å²) in [6.07, 6.45) is 1.83. The van der Waals surface area contributed by atoms with Crippen molar-refractivity contribution in [2.75, 3.05) is 7.11 Å². The fourth-order valence-corrected chi connectivity index (χ4v) is 2.84. The molecule has 3 nitrogen and oxygen atoms in total. The maximum atomic E-state index is 13.0. The van der Waals surface area contributed by atoms with E-state index in [9.17, 15) is 9.59 Å². The molecule has 3 heteroatoms. The van der Waals surface area contributed by atoms with Gasteiger partial charge < -0.3 is 4.74 Å². The molecule has 1 aromatic rings. The van der Waals surface area contributed by atoms with E-state index in [1.807, 2.05) is 51.1 Å². The summed E-state index contributed by atoms with van der Waals surface area (Å²) in [7, 11) is 1.33. The van der Waals surface area contributed by atoms with E-state index in [0.717, 1.165) is 5.56 Å². The first kappa shape index (κ1) is 16.4. The lowest BCUT2D eigenvalue weighted by Gasteiger charge is -2.33. The molecule has 1 atom stereocenters. The highest BCUT2D eigenvalue weighted by molar-refractivity contribution is 6.04. The molecule has 1 rings (SSSR count). The average molecular weight is 276 g/mol. The van der Waals surface area contributed by atoms with Crippen LogP contribution in [0.15, 0.2) is 30.3 Å². The molecule has 1 unspecified atom stereocenters. The van der Waals surface area contributed by atoms with E-state index >= 15 is 0 Å². The van der Waals surface area contributed by atoms with Crippen LogP contribution >= 0.6 is 0 Å². The van der Waals surface area contributed by atoms with Crippen LogP contribution in [0.3, 0.4) is 0 Å². The molecule has 0 radical (unpaired) electrons. The standard InChI is InChI=1S/C17H24O3/c1-5-14(16(19)20-4)15(18)17(6-2,7-3)13-11-9-8-10-12-13/h8-12,14H,5-7H2,1-4H3. The van der Waals surface area contributed by atoms with E-state index in [4.69, 9.17) is 4.74 Å². The van der Waals surface area contributed by atoms with Gasteiger partial charge in [-0.05, 0) is 24.8 Å². The maximum absolute atomic E-state index is 13.0. The Morgan fingerprint density at radius 2 is 1.65 bits per heavy atom. The smallest absolute Gasteiger partial charge is 0.316 e. The van der Waals surface area contributed by atoms with E-state index in [0.29, 0.717) is 19.3 Å². The van der Waals surface area contributed by atoms with Gasteiger partial charge >= 0.3 is 5.97 Å². The number of ether oxygens (including phenoxy) is 1. The van der Waals surface area contributed by atoms with Gasteiger partial charge in [0.25, 0.3) is 0 Å². The minimum absolute atomic E-state index is 0.0250. The highest BCUT2D eigenvalue weighted by atomic mass is 16.5. The van der Waals surface area contributed by atoms with E-state index in [1.165, 1.54) is 7.11 Å². The van der Waals surface area contributed by atoms with Crippen molar-refractivity contribution in [1.82, 2.24) is 0 Å². The molecule has 0 aromatic heterocycles. The normalized spacial score (nSPS) is 12.8. The van der Waals surface area contributed by atoms with Crippen LogP contribution in [-0.2, 0) is 19.7 Å². The molecule has 0 spiro atoms. The first-order valence-corrected chi connectivity index (χ1v) is 7.25. The zero-order chi connectivity index (χ0) is 15.2. The number of Topliss-reactive ketones (excluding diaryl/α,β-unsaturated/α-hetero) is 1. The lowest BCUT2D eigenvalue weighted by Crippen LogP contribution is -2.42. The molecule has 1 aromatic carbocycles. The van der Waals surface area contributed by atoms with Gasteiger partial charge in [0, 0.05) is 0 Å². The van der Waals surface area contributed by atoms with Crippen LogP contribution in [0, 0.1) is 5.92 Å². The number of rotatable bonds is 7. The van der Waals surface area contributed by atoms with Gasteiger partial charge in [-0.1, -0.05) is 51.1 Å². The predicted molar refractivity (Wildman–Crippen MR) is 79.5 cm³/mol. The molecule has 0 amide bonds. The highest BCUT2D eigenvalue weighted by Gasteiger charge is 2.42. The molecule has 0 fully saturated rings. The summed E-state index contributed by atoms with van der Waals surface area (Å²) in [5.74, 6) is -1.14. The summed E-state index contributed by atoms with van der Waals surface area (Å²) >= 11 is 0. The Balaban J connectivity index is 3.26. The first-order valence-electron chi connectivity index (χ1n) is 7.25. The second-order valence-corrected chi connectivity index (χ2v) is 5.00. The summed E-state index contributed by atoms with van der Waals surface area (Å²) in [6, 6.07) is 9.73. The average Bonchev–Trinajstić information content (AvgIpc) is 2.50. The van der Waals surface area contributed by atoms with Gasteiger partial charge in [-0.25, -0.2) is 0 Å². The Labute approximate surface area is 121 Å². The number of hydrogen-bond acceptors (Lipinski definition) is 3. The number of carbonyl (C=O) groups is 2. The van der Waals surface area contributed by atoms with Crippen LogP contribution in [0.4, 0.5) is 0 Å². The molecule has 0 heterocycles. The molecular weight excluding hydrogens is 252 g/mol. The van der Waals surface area contributed by atoms with Gasteiger partial charge in [0.1, 0.15) is 5.92 Å². The number of benzene rings is 1. The summed E-state index contributed by atoms with van der Waals surface area (Å²) in [4.78, 5) is 24.8. The third-order valence-corrected chi connectivity index (χ3v) is 4.22. The molecule has 0 aliphatic heterocycles. The highest BCUT2D eigenvalue weighted by Crippen LogP contribution is 2.36. The molecule has 0 saturated carbocycles. The Hall–Kier alpha value is -1.64. The van der Waals surface area contributed by atoms with Crippen molar-refractivity contribution in [3.8, 4) is 0 Å². The van der Waals surface area contributed by atoms with Gasteiger partial charge in [-0.15, -0.1) is 0 Å². The second-order valence-electron chi connectivity index (χ2n) is 5.00. The largest absolute Gasteiger partial charge is 0.468 e. The number of hydrogen-bond donors (Lipinski definition) is 0. The van der Waals surface area contributed by atoms with Gasteiger partial charge in [-0.3, -0.25) is 9.59 Å². The molecule has 0 bridgehead atoms. The van der Waals surface area contributed by atoms with E-state index < -0.39 is 17.3 Å². The van der Waals surface area contributed by atoms with E-state index in [-0.39, 0.29) is 5.78 Å². The molecule has 0 saturated heterocycles. The molecule has 20 heavy (non-hydrogen) atoms. The number of esters is 1. The van der Waals surface area contributed by atoms with Crippen molar-refractivity contribution in [3.63, 3.8) is 0 Å². The Kier molecular flexibility index (Phi) is 5.93. The second kappa shape index (κ2) is 7.22. The van der Waals surface area contributed by atoms with Gasteiger partial charge in [0.05, 0.1) is 12.5 Å². The Morgan fingerprint density at radius 3 is 2.05 bits per heavy atom. The van der Waals surface area contributed by atoms with Gasteiger partial charge in [-0.2, -0.15) is 0 Å². The van der Waals surface area contributed by atoms with Gasteiger partial charge in [0.2, 0.25) is 0 Å². The molecule has 0 N–H and O–H groups in total. The fraction of sp³-hybridized carbons (Fsp3) is 0.529. The maximum Gasteiger partial charge on any atom is 0.316 e. The SMILES string of the molecule is CCC(C(=O)OC)C(=O)C(CC)(CC)c1ccccc1. The zero-order valence-corrected chi connectivity index (χ0v) is 12.8. The predicted octanol–water partition coefficient (Wildman–Crippen LogP) is 3.51. The van der Waals surface area contributed by atoms with Crippen molar-refractivity contribution in [2.45, 2.75) is 45.4 Å². The van der Waals surface area contributed by atoms with Crippen LogP contribution in [0.2, 0.25) is 0 Å². The zero-order valence-electron chi connectivity index (χ0n) is 12.8. The van der Waals surface area contributed by atoms with Crippen molar-refractivity contribution in [3.05, 3.63) is 35.9 Å². The number of methoxy groups -OCH3 is 1. The lowest BCUT2D eigenvalue weighted by molar-refractivity contribution is -0.151. The van der Waals surface area contributed by atoms with Crippen LogP contribution < -0.4 is 0 Å². The van der Waals surface area contributed by atoms with E-state index in [1.54, 1.807) is 0 Å². The Morgan fingerprint density at radius 1 is 1.10 bits per heavy atom. The van der Waals surface area contributed by atoms with Crippen molar-refractivity contribution in [2.24, 2.45) is 5.92 Å². The third-order valence-electron chi connectivity index (χ3n) is 4.22. The van der Waals surface area contributed by atoms with Crippen LogP contribution in [0.1, 0.15) is 45.6 Å². The third kappa shape index (κ3) is 2.92. The van der Waals surface area contributed by atoms with Crippen molar-refractivity contribution in [1.29, 1.82) is 0 Å². The monoisotopic (exact) mass is 276 g/mol. The van der Waals surface area contributed by atoms with E-state index in [2.05, 4.69) is 0 Å².